The van der Waals surface area contributed by atoms with Crippen LogP contribution in [0.1, 0.15) is 21.3 Å². The van der Waals surface area contributed by atoms with E-state index in [1.54, 1.807) is 60.5 Å². The lowest BCUT2D eigenvalue weighted by Crippen LogP contribution is -2.27. The van der Waals surface area contributed by atoms with E-state index in [4.69, 9.17) is 4.74 Å². The van der Waals surface area contributed by atoms with Crippen molar-refractivity contribution in [2.24, 2.45) is 0 Å². The summed E-state index contributed by atoms with van der Waals surface area (Å²) in [7, 11) is 1.57. The first-order chi connectivity index (χ1) is 14.5. The molecule has 5 nitrogen and oxygen atoms in total. The van der Waals surface area contributed by atoms with Gasteiger partial charge in [-0.25, -0.2) is 4.39 Å². The van der Waals surface area contributed by atoms with E-state index in [1.165, 1.54) is 23.9 Å². The van der Waals surface area contributed by atoms with Gasteiger partial charge in [0.1, 0.15) is 16.9 Å². The molecule has 4 rings (SSSR count). The van der Waals surface area contributed by atoms with Crippen LogP contribution in [0.25, 0.3) is 0 Å². The topological polar surface area (TPSA) is 58.6 Å². The number of thioether (sulfide) groups is 1. The molecule has 0 saturated carbocycles. The van der Waals surface area contributed by atoms with Gasteiger partial charge < -0.3 is 10.1 Å². The molecule has 1 heterocycles. The molecule has 0 spiro atoms. The minimum Gasteiger partial charge on any atom is -0.497 e. The van der Waals surface area contributed by atoms with Gasteiger partial charge in [0.2, 0.25) is 5.91 Å². The summed E-state index contributed by atoms with van der Waals surface area (Å²) >= 11 is 1.49. The molecule has 0 aliphatic carbocycles. The lowest BCUT2D eigenvalue weighted by atomic mass is 10.1. The molecule has 2 amide bonds. The molecule has 1 saturated heterocycles. The molecule has 1 aliphatic rings. The van der Waals surface area contributed by atoms with Gasteiger partial charge in [0.05, 0.1) is 12.9 Å². The summed E-state index contributed by atoms with van der Waals surface area (Å²) in [6.45, 7) is 0. The largest absolute Gasteiger partial charge is 0.497 e. The number of nitrogens with zero attached hydrogens (tertiary/aromatic N) is 1. The third-order valence-corrected chi connectivity index (χ3v) is 5.97. The summed E-state index contributed by atoms with van der Waals surface area (Å²) < 4.78 is 18.7. The molecule has 3 aromatic rings. The maximum atomic E-state index is 13.6. The normalized spacial score (nSPS) is 15.9. The van der Waals surface area contributed by atoms with Gasteiger partial charge in [-0.2, -0.15) is 0 Å². The Balaban J connectivity index is 1.49. The first-order valence-electron chi connectivity index (χ1n) is 9.30. The van der Waals surface area contributed by atoms with Gasteiger partial charge in [0, 0.05) is 16.9 Å². The second kappa shape index (κ2) is 8.59. The second-order valence-corrected chi connectivity index (χ2v) is 7.78. The molecule has 7 heteroatoms. The van der Waals surface area contributed by atoms with Crippen molar-refractivity contribution >= 4 is 35.0 Å². The first-order valence-corrected chi connectivity index (χ1v) is 10.3. The van der Waals surface area contributed by atoms with Crippen LogP contribution < -0.4 is 15.0 Å². The minimum atomic E-state index is -0.382. The molecule has 0 radical (unpaired) electrons. The Morgan fingerprint density at radius 3 is 2.50 bits per heavy atom. The zero-order chi connectivity index (χ0) is 21.1. The molecule has 3 aromatic carbocycles. The summed E-state index contributed by atoms with van der Waals surface area (Å²) in [6, 6.07) is 20.2. The van der Waals surface area contributed by atoms with Crippen molar-refractivity contribution in [2.45, 2.75) is 5.37 Å². The fourth-order valence-corrected chi connectivity index (χ4v) is 4.43. The number of amides is 2. The van der Waals surface area contributed by atoms with Crippen LogP contribution in [-0.4, -0.2) is 24.7 Å². The highest BCUT2D eigenvalue weighted by Gasteiger charge is 2.34. The number of nitrogens with one attached hydrogen (secondary N) is 1. The van der Waals surface area contributed by atoms with Crippen LogP contribution >= 0.6 is 11.8 Å². The van der Waals surface area contributed by atoms with Crippen LogP contribution in [0.2, 0.25) is 0 Å². The Morgan fingerprint density at radius 1 is 1.10 bits per heavy atom. The van der Waals surface area contributed by atoms with E-state index in [1.807, 2.05) is 12.1 Å². The zero-order valence-electron chi connectivity index (χ0n) is 16.2. The number of rotatable bonds is 5. The lowest BCUT2D eigenvalue weighted by Gasteiger charge is -2.24. The van der Waals surface area contributed by atoms with E-state index < -0.39 is 0 Å². The number of carbonyl (C=O) groups is 2. The van der Waals surface area contributed by atoms with E-state index >= 15 is 0 Å². The molecule has 0 aromatic heterocycles. The molecule has 0 bridgehead atoms. The fraction of sp³-hybridized carbons (Fsp3) is 0.130. The maximum absolute atomic E-state index is 13.6. The molecule has 1 N–H and O–H groups in total. The van der Waals surface area contributed by atoms with Crippen LogP contribution in [0.5, 0.6) is 5.75 Å². The number of hydrogen-bond donors (Lipinski definition) is 1. The number of halogens is 1. The molecule has 1 aliphatic heterocycles. The predicted octanol–water partition coefficient (Wildman–Crippen LogP) is 4.87. The number of hydrogen-bond acceptors (Lipinski definition) is 4. The summed E-state index contributed by atoms with van der Waals surface area (Å²) in [5.41, 5.74) is 2.60. The molecule has 30 heavy (non-hydrogen) atoms. The van der Waals surface area contributed by atoms with E-state index in [0.29, 0.717) is 28.4 Å². The average Bonchev–Trinajstić information content (AvgIpc) is 3.15. The van der Waals surface area contributed by atoms with Crippen LogP contribution in [0, 0.1) is 5.82 Å². The molecular formula is C23H19FN2O3S. The molecular weight excluding hydrogens is 403 g/mol. The number of anilines is 2. The fourth-order valence-electron chi connectivity index (χ4n) is 3.25. The van der Waals surface area contributed by atoms with Gasteiger partial charge >= 0.3 is 0 Å². The van der Waals surface area contributed by atoms with Crippen LogP contribution in [-0.2, 0) is 4.79 Å². The van der Waals surface area contributed by atoms with Crippen molar-refractivity contribution in [1.29, 1.82) is 0 Å². The van der Waals surface area contributed by atoms with Crippen molar-refractivity contribution in [1.82, 2.24) is 0 Å². The monoisotopic (exact) mass is 422 g/mol. The van der Waals surface area contributed by atoms with Crippen LogP contribution in [0.4, 0.5) is 15.8 Å². The van der Waals surface area contributed by atoms with Crippen molar-refractivity contribution in [3.05, 3.63) is 89.7 Å². The van der Waals surface area contributed by atoms with Gasteiger partial charge in [0.25, 0.3) is 5.91 Å². The third-order valence-electron chi connectivity index (χ3n) is 4.76. The van der Waals surface area contributed by atoms with E-state index in [-0.39, 0.29) is 23.0 Å². The highest BCUT2D eigenvalue weighted by atomic mass is 32.2. The van der Waals surface area contributed by atoms with E-state index in [0.717, 1.165) is 5.56 Å². The smallest absolute Gasteiger partial charge is 0.255 e. The van der Waals surface area contributed by atoms with Gasteiger partial charge in [-0.3, -0.25) is 14.5 Å². The standard InChI is InChI=1S/C23H19FN2O3S/c1-29-20-11-7-15(8-12-20)22(28)25-18-9-5-16(6-10-18)23-26(21(27)14-30-23)19-4-2-3-17(24)13-19/h2-13,23H,14H2,1H3,(H,25,28). The average molecular weight is 422 g/mol. The molecule has 1 atom stereocenters. The Bertz CT molecular complexity index is 1070. The highest BCUT2D eigenvalue weighted by Crippen LogP contribution is 2.42. The van der Waals surface area contributed by atoms with Gasteiger partial charge in [-0.1, -0.05) is 18.2 Å². The number of benzene rings is 3. The van der Waals surface area contributed by atoms with Gasteiger partial charge in [0.15, 0.2) is 0 Å². The van der Waals surface area contributed by atoms with Crippen molar-refractivity contribution in [3.8, 4) is 5.75 Å². The van der Waals surface area contributed by atoms with E-state index in [9.17, 15) is 14.0 Å². The molecule has 1 unspecified atom stereocenters. The van der Waals surface area contributed by atoms with Gasteiger partial charge in [-0.15, -0.1) is 11.8 Å². The summed E-state index contributed by atoms with van der Waals surface area (Å²) in [5, 5.41) is 2.61. The van der Waals surface area contributed by atoms with E-state index in [2.05, 4.69) is 5.32 Å². The summed E-state index contributed by atoms with van der Waals surface area (Å²) in [4.78, 5) is 26.4. The van der Waals surface area contributed by atoms with Gasteiger partial charge in [-0.05, 0) is 60.2 Å². The second-order valence-electron chi connectivity index (χ2n) is 6.71. The van der Waals surface area contributed by atoms with Crippen LogP contribution in [0.3, 0.4) is 0 Å². The quantitative estimate of drug-likeness (QED) is 0.638. The highest BCUT2D eigenvalue weighted by molar-refractivity contribution is 8.00. The number of carbonyl (C=O) groups excluding carboxylic acids is 2. The molecule has 152 valence electrons. The summed E-state index contributed by atoms with van der Waals surface area (Å²) in [6.07, 6.45) is 0. The maximum Gasteiger partial charge on any atom is 0.255 e. The predicted molar refractivity (Wildman–Crippen MR) is 116 cm³/mol. The summed E-state index contributed by atoms with van der Waals surface area (Å²) in [5.74, 6) is 0.344. The Hall–Kier alpha value is -3.32. The Kier molecular flexibility index (Phi) is 5.72. The van der Waals surface area contributed by atoms with Crippen molar-refractivity contribution in [3.63, 3.8) is 0 Å². The lowest BCUT2D eigenvalue weighted by molar-refractivity contribution is -0.115. The zero-order valence-corrected chi connectivity index (χ0v) is 17.0. The third kappa shape index (κ3) is 4.16. The van der Waals surface area contributed by atoms with Crippen LogP contribution in [0.15, 0.2) is 72.8 Å². The SMILES string of the molecule is COc1ccc(C(=O)Nc2ccc(C3SCC(=O)N3c3cccc(F)c3)cc2)cc1. The van der Waals surface area contributed by atoms with Crippen molar-refractivity contribution < 1.29 is 18.7 Å². The number of methoxy groups -OCH3 is 1. The van der Waals surface area contributed by atoms with Crippen molar-refractivity contribution in [2.75, 3.05) is 23.1 Å². The Labute approximate surface area is 177 Å². The minimum absolute atomic E-state index is 0.0625. The first kappa shape index (κ1) is 20.0. The molecule has 1 fully saturated rings. The number of ether oxygens (including phenoxy) is 1. The Morgan fingerprint density at radius 2 is 1.83 bits per heavy atom.